The molecular formula is C27H34N4O4. The van der Waals surface area contributed by atoms with Crippen LogP contribution in [0.4, 0.5) is 4.79 Å². The molecule has 186 valence electrons. The van der Waals surface area contributed by atoms with Gasteiger partial charge in [0.25, 0.3) is 0 Å². The minimum atomic E-state index is -0.845. The molecule has 2 fully saturated rings. The van der Waals surface area contributed by atoms with Gasteiger partial charge in [-0.3, -0.25) is 14.5 Å². The highest BCUT2D eigenvalue weighted by Gasteiger charge is 2.38. The summed E-state index contributed by atoms with van der Waals surface area (Å²) in [6.45, 7) is 2.76. The van der Waals surface area contributed by atoms with Crippen LogP contribution in [0.2, 0.25) is 0 Å². The topological polar surface area (TPSA) is 105 Å². The Morgan fingerprint density at radius 3 is 2.20 bits per heavy atom. The quantitative estimate of drug-likeness (QED) is 0.637. The van der Waals surface area contributed by atoms with Crippen LogP contribution in [0.25, 0.3) is 0 Å². The molecule has 3 N–H and O–H groups in total. The number of carbonyl (C=O) groups excluding carboxylic acids is 3. The molecule has 0 radical (unpaired) electrons. The molecule has 3 atom stereocenters. The van der Waals surface area contributed by atoms with E-state index in [1.54, 1.807) is 17.0 Å². The first-order valence-electron chi connectivity index (χ1n) is 12.4. The Kier molecular flexibility index (Phi) is 8.36. The number of benzene rings is 2. The van der Waals surface area contributed by atoms with Gasteiger partial charge in [-0.25, -0.2) is 4.79 Å². The number of rotatable bonds is 7. The van der Waals surface area contributed by atoms with E-state index in [-0.39, 0.29) is 30.6 Å². The fourth-order valence-corrected chi connectivity index (χ4v) is 5.11. The molecule has 1 saturated heterocycles. The highest BCUT2D eigenvalue weighted by atomic mass is 16.6. The predicted molar refractivity (Wildman–Crippen MR) is 132 cm³/mol. The van der Waals surface area contributed by atoms with Crippen LogP contribution in [0.1, 0.15) is 42.9 Å². The molecule has 2 aliphatic rings. The van der Waals surface area contributed by atoms with E-state index in [0.717, 1.165) is 31.2 Å². The third kappa shape index (κ3) is 6.39. The SMILES string of the molecule is NC(=O)[C@@H](NC(=O)[C@H]1CCCC[C@@H]1N1CCN(C(=O)OCc2ccccc2)CC1)c1ccccc1. The number of hydrogen-bond donors (Lipinski definition) is 2. The molecule has 0 spiro atoms. The maximum absolute atomic E-state index is 13.3. The van der Waals surface area contributed by atoms with E-state index in [1.807, 2.05) is 48.5 Å². The van der Waals surface area contributed by atoms with E-state index in [9.17, 15) is 14.4 Å². The second-order valence-corrected chi connectivity index (χ2v) is 9.28. The largest absolute Gasteiger partial charge is 0.445 e. The summed E-state index contributed by atoms with van der Waals surface area (Å²) in [5.41, 5.74) is 7.26. The number of primary amides is 1. The number of carbonyl (C=O) groups is 3. The molecule has 8 heteroatoms. The zero-order chi connectivity index (χ0) is 24.6. The van der Waals surface area contributed by atoms with E-state index in [2.05, 4.69) is 10.2 Å². The molecule has 0 aromatic heterocycles. The molecule has 2 aromatic carbocycles. The lowest BCUT2D eigenvalue weighted by Gasteiger charge is -2.43. The number of amides is 3. The minimum absolute atomic E-state index is 0.0792. The Hall–Kier alpha value is -3.39. The third-order valence-electron chi connectivity index (χ3n) is 7.02. The fraction of sp³-hybridized carbons (Fsp3) is 0.444. The van der Waals surface area contributed by atoms with E-state index in [0.29, 0.717) is 31.7 Å². The minimum Gasteiger partial charge on any atom is -0.445 e. The van der Waals surface area contributed by atoms with Crippen LogP contribution in [0.3, 0.4) is 0 Å². The summed E-state index contributed by atoms with van der Waals surface area (Å²) < 4.78 is 5.48. The van der Waals surface area contributed by atoms with Gasteiger partial charge in [0.05, 0.1) is 5.92 Å². The average molecular weight is 479 g/mol. The van der Waals surface area contributed by atoms with Gasteiger partial charge in [0, 0.05) is 32.2 Å². The second kappa shape index (κ2) is 11.8. The second-order valence-electron chi connectivity index (χ2n) is 9.28. The molecule has 3 amide bonds. The molecule has 1 heterocycles. The van der Waals surface area contributed by atoms with Crippen molar-refractivity contribution in [2.75, 3.05) is 26.2 Å². The van der Waals surface area contributed by atoms with Gasteiger partial charge in [-0.1, -0.05) is 73.5 Å². The van der Waals surface area contributed by atoms with Gasteiger partial charge in [0.2, 0.25) is 11.8 Å². The lowest BCUT2D eigenvalue weighted by Crippen LogP contribution is -2.56. The molecule has 1 saturated carbocycles. The van der Waals surface area contributed by atoms with E-state index < -0.39 is 11.9 Å². The lowest BCUT2D eigenvalue weighted by atomic mass is 9.82. The number of nitrogens with one attached hydrogen (secondary N) is 1. The number of piperazine rings is 1. The van der Waals surface area contributed by atoms with Gasteiger partial charge >= 0.3 is 6.09 Å². The predicted octanol–water partition coefficient (Wildman–Crippen LogP) is 2.84. The first-order valence-corrected chi connectivity index (χ1v) is 12.4. The van der Waals surface area contributed by atoms with Gasteiger partial charge in [-0.15, -0.1) is 0 Å². The summed E-state index contributed by atoms with van der Waals surface area (Å²) in [4.78, 5) is 42.0. The van der Waals surface area contributed by atoms with Gasteiger partial charge in [0.1, 0.15) is 12.6 Å². The van der Waals surface area contributed by atoms with E-state index in [1.165, 1.54) is 0 Å². The van der Waals surface area contributed by atoms with Crippen LogP contribution in [-0.4, -0.2) is 59.9 Å². The zero-order valence-electron chi connectivity index (χ0n) is 20.0. The van der Waals surface area contributed by atoms with Crippen molar-refractivity contribution >= 4 is 17.9 Å². The van der Waals surface area contributed by atoms with Crippen molar-refractivity contribution in [3.8, 4) is 0 Å². The summed E-state index contributed by atoms with van der Waals surface area (Å²) >= 11 is 0. The zero-order valence-corrected chi connectivity index (χ0v) is 20.0. The first-order chi connectivity index (χ1) is 17.0. The van der Waals surface area contributed by atoms with E-state index in [4.69, 9.17) is 10.5 Å². The summed E-state index contributed by atoms with van der Waals surface area (Å²) in [6, 6.07) is 18.0. The van der Waals surface area contributed by atoms with Crippen molar-refractivity contribution in [2.24, 2.45) is 11.7 Å². The van der Waals surface area contributed by atoms with Crippen molar-refractivity contribution < 1.29 is 19.1 Å². The summed E-state index contributed by atoms with van der Waals surface area (Å²) in [6.07, 6.45) is 3.43. The van der Waals surface area contributed by atoms with Crippen LogP contribution in [0, 0.1) is 5.92 Å². The molecule has 4 rings (SSSR count). The number of hydrogen-bond acceptors (Lipinski definition) is 5. The normalized spacial score (nSPS) is 21.7. The number of nitrogens with zero attached hydrogens (tertiary/aromatic N) is 2. The van der Waals surface area contributed by atoms with Gasteiger partial charge in [0.15, 0.2) is 0 Å². The van der Waals surface area contributed by atoms with E-state index >= 15 is 0 Å². The average Bonchev–Trinajstić information content (AvgIpc) is 2.91. The Balaban J connectivity index is 1.32. The Morgan fingerprint density at radius 2 is 1.54 bits per heavy atom. The van der Waals surface area contributed by atoms with Crippen molar-refractivity contribution in [3.05, 3.63) is 71.8 Å². The van der Waals surface area contributed by atoms with Crippen LogP contribution >= 0.6 is 0 Å². The van der Waals surface area contributed by atoms with Gasteiger partial charge in [-0.05, 0) is 24.0 Å². The highest BCUT2D eigenvalue weighted by Crippen LogP contribution is 2.30. The summed E-state index contributed by atoms with van der Waals surface area (Å²) in [5.74, 6) is -0.919. The Bertz CT molecular complexity index is 993. The molecule has 8 nitrogen and oxygen atoms in total. The van der Waals surface area contributed by atoms with Crippen molar-refractivity contribution in [1.29, 1.82) is 0 Å². The van der Waals surface area contributed by atoms with Crippen LogP contribution in [0.5, 0.6) is 0 Å². The maximum atomic E-state index is 13.3. The summed E-state index contributed by atoms with van der Waals surface area (Å²) in [5, 5.41) is 2.91. The monoisotopic (exact) mass is 478 g/mol. The Labute approximate surface area is 206 Å². The first kappa shape index (κ1) is 24.7. The molecule has 2 aromatic rings. The van der Waals surface area contributed by atoms with Crippen molar-refractivity contribution in [1.82, 2.24) is 15.1 Å². The summed E-state index contributed by atoms with van der Waals surface area (Å²) in [7, 11) is 0. The van der Waals surface area contributed by atoms with Crippen LogP contribution < -0.4 is 11.1 Å². The fourth-order valence-electron chi connectivity index (χ4n) is 5.11. The Morgan fingerprint density at radius 1 is 0.914 bits per heavy atom. The number of ether oxygens (including phenoxy) is 1. The smallest absolute Gasteiger partial charge is 0.410 e. The molecular weight excluding hydrogens is 444 g/mol. The lowest BCUT2D eigenvalue weighted by molar-refractivity contribution is -0.133. The standard InChI is InChI=1S/C27H34N4O4/c28-25(32)24(21-11-5-2-6-12-21)29-26(33)22-13-7-8-14-23(22)30-15-17-31(18-16-30)27(34)35-19-20-9-3-1-4-10-20/h1-6,9-12,22-24H,7-8,13-19H2,(H2,28,32)(H,29,33)/t22-,23-,24-/m0/s1. The highest BCUT2D eigenvalue weighted by molar-refractivity contribution is 5.88. The van der Waals surface area contributed by atoms with Gasteiger partial charge < -0.3 is 20.7 Å². The van der Waals surface area contributed by atoms with Crippen LogP contribution in [0.15, 0.2) is 60.7 Å². The molecule has 1 aliphatic carbocycles. The third-order valence-corrected chi connectivity index (χ3v) is 7.02. The van der Waals surface area contributed by atoms with Crippen molar-refractivity contribution in [2.45, 2.75) is 44.4 Å². The number of nitrogens with two attached hydrogens (primary N) is 1. The molecule has 0 unspecified atom stereocenters. The molecule has 0 bridgehead atoms. The molecule has 1 aliphatic heterocycles. The van der Waals surface area contributed by atoms with Crippen molar-refractivity contribution in [3.63, 3.8) is 0 Å². The van der Waals surface area contributed by atoms with Gasteiger partial charge in [-0.2, -0.15) is 0 Å². The molecule has 35 heavy (non-hydrogen) atoms. The maximum Gasteiger partial charge on any atom is 0.410 e. The van der Waals surface area contributed by atoms with Crippen LogP contribution in [-0.2, 0) is 20.9 Å².